The van der Waals surface area contributed by atoms with Gasteiger partial charge in [-0.3, -0.25) is 0 Å². The number of benzene rings is 1. The monoisotopic (exact) mass is 445 g/mol. The van der Waals surface area contributed by atoms with Gasteiger partial charge in [0.2, 0.25) is 20.0 Å². The van der Waals surface area contributed by atoms with Gasteiger partial charge in [0.05, 0.1) is 16.8 Å². The van der Waals surface area contributed by atoms with Crippen LogP contribution in [0.25, 0.3) is 0 Å². The van der Waals surface area contributed by atoms with Crippen LogP contribution in [0.4, 0.5) is 0 Å². The molecule has 2 aliphatic rings. The van der Waals surface area contributed by atoms with Gasteiger partial charge in [-0.2, -0.15) is 8.61 Å². The van der Waals surface area contributed by atoms with Crippen LogP contribution in [0.5, 0.6) is 0 Å². The maximum Gasteiger partial charge on any atom is 0.243 e. The van der Waals surface area contributed by atoms with Crippen LogP contribution >= 0.6 is 0 Å². The van der Waals surface area contributed by atoms with Crippen LogP contribution in [-0.2, 0) is 24.8 Å². The van der Waals surface area contributed by atoms with E-state index in [4.69, 9.17) is 4.74 Å². The molecule has 0 aliphatic carbocycles. The molecule has 0 spiro atoms. The number of sulfonamides is 2. The molecule has 1 unspecified atom stereocenters. The molecule has 0 amide bonds. The van der Waals surface area contributed by atoms with E-state index in [2.05, 4.69) is 5.32 Å². The number of hydrogen-bond acceptors (Lipinski definition) is 6. The summed E-state index contributed by atoms with van der Waals surface area (Å²) in [6, 6.07) is 5.30. The second-order valence-corrected chi connectivity index (χ2v) is 11.7. The number of piperazine rings is 1. The van der Waals surface area contributed by atoms with E-state index in [0.29, 0.717) is 38.3 Å². The van der Waals surface area contributed by atoms with Crippen LogP contribution < -0.4 is 5.32 Å². The molecule has 0 radical (unpaired) electrons. The Bertz CT molecular complexity index is 906. The minimum Gasteiger partial charge on any atom is -0.377 e. The van der Waals surface area contributed by atoms with Gasteiger partial charge in [0.1, 0.15) is 0 Å². The number of aryl methyl sites for hydroxylation is 2. The highest BCUT2D eigenvalue weighted by Gasteiger charge is 2.32. The second-order valence-electron chi connectivity index (χ2n) is 7.73. The molecular weight excluding hydrogens is 414 g/mol. The van der Waals surface area contributed by atoms with Gasteiger partial charge in [-0.1, -0.05) is 12.1 Å². The standard InChI is InChI=1S/C19H31N3O5S2/c1-16-5-6-17(2)19(14-16)29(25,26)22(15-18-4-3-12-27-18)11-13-28(23,24)21-9-7-20-8-10-21/h5-6,14,18,20H,3-4,7-13,15H2,1-2H3. The van der Waals surface area contributed by atoms with Gasteiger partial charge in [-0.15, -0.1) is 0 Å². The number of nitrogens with zero attached hydrogens (tertiary/aromatic N) is 2. The topological polar surface area (TPSA) is 96.0 Å². The maximum atomic E-state index is 13.4. The number of hydrogen-bond donors (Lipinski definition) is 1. The predicted octanol–water partition coefficient (Wildman–Crippen LogP) is 0.708. The lowest BCUT2D eigenvalue weighted by atomic mass is 10.2. The average Bonchev–Trinajstić information content (AvgIpc) is 3.20. The fourth-order valence-corrected chi connectivity index (χ4v) is 7.06. The van der Waals surface area contributed by atoms with Gasteiger partial charge >= 0.3 is 0 Å². The largest absolute Gasteiger partial charge is 0.377 e. The molecule has 2 fully saturated rings. The summed E-state index contributed by atoms with van der Waals surface area (Å²) in [5.74, 6) is -0.232. The third kappa shape index (κ3) is 5.56. The van der Waals surface area contributed by atoms with E-state index in [0.717, 1.165) is 18.4 Å². The molecule has 0 bridgehead atoms. The quantitative estimate of drug-likeness (QED) is 0.633. The summed E-state index contributed by atoms with van der Waals surface area (Å²) >= 11 is 0. The molecular formula is C19H31N3O5S2. The van der Waals surface area contributed by atoms with Gasteiger partial charge in [-0.05, 0) is 43.9 Å². The van der Waals surface area contributed by atoms with Crippen LogP contribution in [0.15, 0.2) is 23.1 Å². The molecule has 1 aromatic rings. The van der Waals surface area contributed by atoms with Crippen LogP contribution in [0.2, 0.25) is 0 Å². The van der Waals surface area contributed by atoms with E-state index in [-0.39, 0.29) is 29.8 Å². The summed E-state index contributed by atoms with van der Waals surface area (Å²) in [6.07, 6.45) is 1.47. The Balaban J connectivity index is 1.82. The summed E-state index contributed by atoms with van der Waals surface area (Å²) in [5, 5.41) is 3.13. The zero-order valence-electron chi connectivity index (χ0n) is 17.1. The van der Waals surface area contributed by atoms with Gasteiger partial charge in [0, 0.05) is 45.9 Å². The van der Waals surface area contributed by atoms with Gasteiger partial charge < -0.3 is 10.1 Å². The Morgan fingerprint density at radius 1 is 1.17 bits per heavy atom. The molecule has 2 aliphatic heterocycles. The summed E-state index contributed by atoms with van der Waals surface area (Å²) in [4.78, 5) is 0.232. The zero-order chi connectivity index (χ0) is 21.1. The summed E-state index contributed by atoms with van der Waals surface area (Å²) < 4.78 is 60.8. The van der Waals surface area contributed by atoms with Crippen molar-refractivity contribution >= 4 is 20.0 Å². The van der Waals surface area contributed by atoms with Crippen LogP contribution in [0, 0.1) is 13.8 Å². The Hall–Kier alpha value is -1.04. The van der Waals surface area contributed by atoms with Crippen molar-refractivity contribution < 1.29 is 21.6 Å². The first-order chi connectivity index (χ1) is 13.7. The van der Waals surface area contributed by atoms with Crippen molar-refractivity contribution in [3.05, 3.63) is 29.3 Å². The lowest BCUT2D eigenvalue weighted by Crippen LogP contribution is -2.49. The molecule has 3 rings (SSSR count). The van der Waals surface area contributed by atoms with Crippen molar-refractivity contribution in [3.63, 3.8) is 0 Å². The van der Waals surface area contributed by atoms with Crippen molar-refractivity contribution in [2.24, 2.45) is 0 Å². The van der Waals surface area contributed by atoms with Crippen LogP contribution in [0.3, 0.4) is 0 Å². The Kier molecular flexibility index (Phi) is 7.34. The second kappa shape index (κ2) is 9.40. The van der Waals surface area contributed by atoms with E-state index in [1.807, 2.05) is 13.0 Å². The Morgan fingerprint density at radius 3 is 2.55 bits per heavy atom. The molecule has 2 saturated heterocycles. The normalized spacial score (nSPS) is 21.7. The predicted molar refractivity (Wildman–Crippen MR) is 112 cm³/mol. The molecule has 29 heavy (non-hydrogen) atoms. The van der Waals surface area contributed by atoms with Crippen molar-refractivity contribution in [1.82, 2.24) is 13.9 Å². The Labute approximate surface area is 174 Å². The first-order valence-corrected chi connectivity index (χ1v) is 13.1. The minimum absolute atomic E-state index is 0.0815. The highest BCUT2D eigenvalue weighted by molar-refractivity contribution is 7.90. The Morgan fingerprint density at radius 2 is 1.90 bits per heavy atom. The lowest BCUT2D eigenvalue weighted by molar-refractivity contribution is 0.0947. The molecule has 0 saturated carbocycles. The SMILES string of the molecule is Cc1ccc(C)c(S(=O)(=O)N(CCS(=O)(=O)N2CCNCC2)CC2CCCO2)c1. The summed E-state index contributed by atoms with van der Waals surface area (Å²) in [6.45, 7) is 6.36. The molecule has 1 aromatic carbocycles. The van der Waals surface area contributed by atoms with Gasteiger partial charge in [0.25, 0.3) is 0 Å². The third-order valence-corrected chi connectivity index (χ3v) is 9.32. The highest BCUT2D eigenvalue weighted by atomic mass is 32.2. The maximum absolute atomic E-state index is 13.4. The van der Waals surface area contributed by atoms with E-state index in [9.17, 15) is 16.8 Å². The van der Waals surface area contributed by atoms with E-state index in [1.54, 1.807) is 19.1 Å². The third-order valence-electron chi connectivity index (χ3n) is 5.46. The van der Waals surface area contributed by atoms with Crippen molar-refractivity contribution in [3.8, 4) is 0 Å². The lowest BCUT2D eigenvalue weighted by Gasteiger charge is -2.29. The zero-order valence-corrected chi connectivity index (χ0v) is 18.8. The van der Waals surface area contributed by atoms with E-state index < -0.39 is 20.0 Å². The fourth-order valence-electron chi connectivity index (χ4n) is 3.72. The van der Waals surface area contributed by atoms with E-state index in [1.165, 1.54) is 8.61 Å². The summed E-state index contributed by atoms with van der Waals surface area (Å²) in [5.41, 5.74) is 1.50. The molecule has 0 aromatic heterocycles. The fraction of sp³-hybridized carbons (Fsp3) is 0.684. The summed E-state index contributed by atoms with van der Waals surface area (Å²) in [7, 11) is -7.36. The molecule has 10 heteroatoms. The van der Waals surface area contributed by atoms with Crippen molar-refractivity contribution in [1.29, 1.82) is 0 Å². The average molecular weight is 446 g/mol. The van der Waals surface area contributed by atoms with Crippen molar-refractivity contribution in [2.75, 3.05) is 51.6 Å². The number of ether oxygens (including phenoxy) is 1. The highest BCUT2D eigenvalue weighted by Crippen LogP contribution is 2.24. The van der Waals surface area contributed by atoms with Crippen molar-refractivity contribution in [2.45, 2.75) is 37.7 Å². The molecule has 164 valence electrons. The first-order valence-electron chi connectivity index (χ1n) is 10.1. The number of rotatable bonds is 8. The molecule has 1 N–H and O–H groups in total. The van der Waals surface area contributed by atoms with Gasteiger partial charge in [0.15, 0.2) is 0 Å². The van der Waals surface area contributed by atoms with Crippen LogP contribution in [-0.4, -0.2) is 83.2 Å². The van der Waals surface area contributed by atoms with Gasteiger partial charge in [-0.25, -0.2) is 16.8 Å². The minimum atomic E-state index is -3.84. The van der Waals surface area contributed by atoms with E-state index >= 15 is 0 Å². The molecule has 1 atom stereocenters. The smallest absolute Gasteiger partial charge is 0.243 e. The van der Waals surface area contributed by atoms with Crippen LogP contribution in [0.1, 0.15) is 24.0 Å². The molecule has 8 nitrogen and oxygen atoms in total. The molecule has 2 heterocycles. The first kappa shape index (κ1) is 22.6. The number of nitrogens with one attached hydrogen (secondary N) is 1.